The molecular weight excluding hydrogens is 288 g/mol. The van der Waals surface area contributed by atoms with E-state index in [4.69, 9.17) is 0 Å². The molecule has 2 saturated heterocycles. The van der Waals surface area contributed by atoms with E-state index >= 15 is 0 Å². The molecule has 3 rings (SSSR count). The fourth-order valence-electron chi connectivity index (χ4n) is 4.92. The van der Waals surface area contributed by atoms with Gasteiger partial charge < -0.3 is 9.80 Å². The van der Waals surface area contributed by atoms with Gasteiger partial charge in [-0.1, -0.05) is 27.2 Å². The molecule has 0 aromatic carbocycles. The predicted octanol–water partition coefficient (Wildman–Crippen LogP) is 2.92. The minimum Gasteiger partial charge on any atom is -0.342 e. The lowest BCUT2D eigenvalue weighted by molar-refractivity contribution is -0.135. The molecule has 4 unspecified atom stereocenters. The summed E-state index contributed by atoms with van der Waals surface area (Å²) in [7, 11) is 0. The van der Waals surface area contributed by atoms with Gasteiger partial charge in [0.05, 0.1) is 5.92 Å². The van der Waals surface area contributed by atoms with Gasteiger partial charge in [0.1, 0.15) is 0 Å². The monoisotopic (exact) mass is 320 g/mol. The number of amides is 2. The van der Waals surface area contributed by atoms with Crippen LogP contribution < -0.4 is 0 Å². The van der Waals surface area contributed by atoms with Crippen molar-refractivity contribution in [1.29, 1.82) is 0 Å². The van der Waals surface area contributed by atoms with Gasteiger partial charge in [-0.25, -0.2) is 0 Å². The number of hydrogen-bond donors (Lipinski definition) is 0. The molecule has 4 nitrogen and oxygen atoms in total. The van der Waals surface area contributed by atoms with E-state index in [1.165, 1.54) is 12.8 Å². The summed E-state index contributed by atoms with van der Waals surface area (Å²) < 4.78 is 0. The topological polar surface area (TPSA) is 40.6 Å². The highest BCUT2D eigenvalue weighted by molar-refractivity contribution is 5.89. The van der Waals surface area contributed by atoms with Crippen molar-refractivity contribution < 1.29 is 9.59 Å². The lowest BCUT2D eigenvalue weighted by Gasteiger charge is -2.42. The first-order valence-electron chi connectivity index (χ1n) is 9.55. The summed E-state index contributed by atoms with van der Waals surface area (Å²) in [4.78, 5) is 29.3. The molecule has 3 aliphatic rings. The molecule has 4 atom stereocenters. The molecule has 130 valence electrons. The molecule has 2 amide bonds. The van der Waals surface area contributed by atoms with Crippen molar-refractivity contribution in [3.05, 3.63) is 0 Å². The van der Waals surface area contributed by atoms with Gasteiger partial charge in [-0.05, 0) is 43.4 Å². The number of likely N-dealkylation sites (tertiary alicyclic amines) is 2. The lowest BCUT2D eigenvalue weighted by atomic mass is 9.73. The quantitative estimate of drug-likeness (QED) is 0.802. The Balaban J connectivity index is 1.69. The Morgan fingerprint density at radius 3 is 2.52 bits per heavy atom. The Bertz CT molecular complexity index is 456. The van der Waals surface area contributed by atoms with E-state index in [-0.39, 0.29) is 17.7 Å². The van der Waals surface area contributed by atoms with Crippen molar-refractivity contribution in [3.63, 3.8) is 0 Å². The largest absolute Gasteiger partial charge is 0.342 e. The smallest absolute Gasteiger partial charge is 0.227 e. The predicted molar refractivity (Wildman–Crippen MR) is 90.8 cm³/mol. The van der Waals surface area contributed by atoms with Crippen LogP contribution in [0.3, 0.4) is 0 Å². The normalized spacial score (nSPS) is 35.4. The van der Waals surface area contributed by atoms with Crippen molar-refractivity contribution in [2.45, 2.75) is 65.3 Å². The molecule has 0 spiro atoms. The third-order valence-corrected chi connectivity index (χ3v) is 6.31. The van der Waals surface area contributed by atoms with E-state index < -0.39 is 0 Å². The van der Waals surface area contributed by atoms with Crippen molar-refractivity contribution in [2.24, 2.45) is 23.7 Å². The lowest BCUT2D eigenvalue weighted by Crippen LogP contribution is -2.47. The number of carbonyl (C=O) groups is 2. The van der Waals surface area contributed by atoms with Crippen LogP contribution in [0, 0.1) is 23.7 Å². The average molecular weight is 320 g/mol. The summed E-state index contributed by atoms with van der Waals surface area (Å²) in [6.07, 6.45) is 6.27. The van der Waals surface area contributed by atoms with Crippen LogP contribution in [0.1, 0.15) is 59.3 Å². The minimum atomic E-state index is -0.0920. The molecule has 0 radical (unpaired) electrons. The highest BCUT2D eigenvalue weighted by Gasteiger charge is 2.44. The Labute approximate surface area is 140 Å². The third-order valence-electron chi connectivity index (χ3n) is 6.31. The summed E-state index contributed by atoms with van der Waals surface area (Å²) in [5, 5.41) is 0. The Hall–Kier alpha value is -1.06. The van der Waals surface area contributed by atoms with Gasteiger partial charge in [-0.2, -0.15) is 0 Å². The molecule has 23 heavy (non-hydrogen) atoms. The van der Waals surface area contributed by atoms with Gasteiger partial charge in [0.25, 0.3) is 0 Å². The van der Waals surface area contributed by atoms with Crippen molar-refractivity contribution in [2.75, 3.05) is 19.6 Å². The summed E-state index contributed by atoms with van der Waals surface area (Å²) in [5.41, 5.74) is 0. The summed E-state index contributed by atoms with van der Waals surface area (Å²) in [6.45, 7) is 9.30. The molecule has 0 bridgehead atoms. The van der Waals surface area contributed by atoms with Crippen LogP contribution in [-0.4, -0.2) is 47.3 Å². The van der Waals surface area contributed by atoms with Gasteiger partial charge in [0.2, 0.25) is 11.8 Å². The van der Waals surface area contributed by atoms with E-state index in [9.17, 15) is 9.59 Å². The van der Waals surface area contributed by atoms with Gasteiger partial charge in [0.15, 0.2) is 0 Å². The molecule has 0 N–H and O–H groups in total. The fraction of sp³-hybridized carbons (Fsp3) is 0.895. The Kier molecular flexibility index (Phi) is 4.98. The van der Waals surface area contributed by atoms with E-state index in [0.29, 0.717) is 36.8 Å². The average Bonchev–Trinajstić information content (AvgIpc) is 3.15. The molecule has 2 aliphatic heterocycles. The second-order valence-electron chi connectivity index (χ2n) is 8.37. The van der Waals surface area contributed by atoms with E-state index in [0.717, 1.165) is 32.4 Å². The third kappa shape index (κ3) is 3.41. The standard InChI is InChI=1S/C19H32N2O2/c1-13(2)16-7-6-14(3)10-17(16)21-12-15(11-18(21)22)19(23)20-8-4-5-9-20/h13-17H,4-12H2,1-3H3. The summed E-state index contributed by atoms with van der Waals surface area (Å²) in [5.74, 6) is 2.24. The number of hydrogen-bond acceptors (Lipinski definition) is 2. The Morgan fingerprint density at radius 1 is 1.17 bits per heavy atom. The molecule has 3 fully saturated rings. The highest BCUT2D eigenvalue weighted by atomic mass is 16.2. The maximum absolute atomic E-state index is 12.6. The molecule has 4 heteroatoms. The van der Waals surface area contributed by atoms with Crippen LogP contribution >= 0.6 is 0 Å². The molecule has 0 aromatic heterocycles. The van der Waals surface area contributed by atoms with Gasteiger partial charge in [-0.15, -0.1) is 0 Å². The van der Waals surface area contributed by atoms with Gasteiger partial charge in [-0.3, -0.25) is 9.59 Å². The fourth-order valence-corrected chi connectivity index (χ4v) is 4.92. The zero-order valence-corrected chi connectivity index (χ0v) is 15.0. The maximum atomic E-state index is 12.6. The SMILES string of the molecule is CC1CCC(C(C)C)C(N2CC(C(=O)N3CCCC3)CC2=O)C1. The van der Waals surface area contributed by atoms with Gasteiger partial charge >= 0.3 is 0 Å². The zero-order valence-electron chi connectivity index (χ0n) is 15.0. The van der Waals surface area contributed by atoms with Crippen LogP contribution in [0.4, 0.5) is 0 Å². The molecular formula is C19H32N2O2. The van der Waals surface area contributed by atoms with Crippen molar-refractivity contribution in [3.8, 4) is 0 Å². The van der Waals surface area contributed by atoms with Crippen LogP contribution in [-0.2, 0) is 9.59 Å². The minimum absolute atomic E-state index is 0.0920. The van der Waals surface area contributed by atoms with Crippen LogP contribution in [0.5, 0.6) is 0 Å². The van der Waals surface area contributed by atoms with Gasteiger partial charge in [0, 0.05) is 32.1 Å². The van der Waals surface area contributed by atoms with Crippen LogP contribution in [0.2, 0.25) is 0 Å². The van der Waals surface area contributed by atoms with Crippen molar-refractivity contribution >= 4 is 11.8 Å². The number of rotatable bonds is 3. The maximum Gasteiger partial charge on any atom is 0.227 e. The van der Waals surface area contributed by atoms with Crippen LogP contribution in [0.15, 0.2) is 0 Å². The van der Waals surface area contributed by atoms with Crippen LogP contribution in [0.25, 0.3) is 0 Å². The summed E-state index contributed by atoms with van der Waals surface area (Å²) >= 11 is 0. The van der Waals surface area contributed by atoms with Crippen molar-refractivity contribution in [1.82, 2.24) is 9.80 Å². The zero-order chi connectivity index (χ0) is 16.6. The molecule has 1 aliphatic carbocycles. The first-order chi connectivity index (χ1) is 11.0. The van der Waals surface area contributed by atoms with E-state index in [2.05, 4.69) is 25.7 Å². The Morgan fingerprint density at radius 2 is 1.87 bits per heavy atom. The van der Waals surface area contributed by atoms with E-state index in [1.807, 2.05) is 4.90 Å². The number of nitrogens with zero attached hydrogens (tertiary/aromatic N) is 2. The van der Waals surface area contributed by atoms with E-state index in [1.54, 1.807) is 0 Å². The molecule has 0 aromatic rings. The number of carbonyl (C=O) groups excluding carboxylic acids is 2. The second-order valence-corrected chi connectivity index (χ2v) is 8.37. The second kappa shape index (κ2) is 6.82. The summed E-state index contributed by atoms with van der Waals surface area (Å²) in [6, 6.07) is 0.350. The molecule has 1 saturated carbocycles. The molecule has 2 heterocycles. The highest BCUT2D eigenvalue weighted by Crippen LogP contribution is 2.39. The first kappa shape index (κ1) is 16.8. The first-order valence-corrected chi connectivity index (χ1v) is 9.55.